The van der Waals surface area contributed by atoms with Crippen molar-refractivity contribution in [1.82, 2.24) is 15.4 Å². The summed E-state index contributed by atoms with van der Waals surface area (Å²) in [6.07, 6.45) is 0. The molecule has 0 saturated carbocycles. The summed E-state index contributed by atoms with van der Waals surface area (Å²) in [5.74, 6) is 0.627. The van der Waals surface area contributed by atoms with Crippen LogP contribution in [0.15, 0.2) is 10.6 Å². The molecular weight excluding hydrogens is 194 g/mol. The summed E-state index contributed by atoms with van der Waals surface area (Å²) in [7, 11) is 0. The van der Waals surface area contributed by atoms with Gasteiger partial charge in [-0.2, -0.15) is 0 Å². The van der Waals surface area contributed by atoms with Crippen molar-refractivity contribution in [2.24, 2.45) is 0 Å². The Balaban J connectivity index is 2.10. The zero-order valence-corrected chi connectivity index (χ0v) is 8.99. The highest BCUT2D eigenvalue weighted by Gasteiger charge is 2.29. The molecule has 82 valence electrons. The van der Waals surface area contributed by atoms with E-state index >= 15 is 0 Å². The summed E-state index contributed by atoms with van der Waals surface area (Å²) in [6.45, 7) is 6.21. The molecule has 0 aromatic carbocycles. The van der Waals surface area contributed by atoms with E-state index in [2.05, 4.69) is 10.5 Å². The van der Waals surface area contributed by atoms with E-state index in [1.54, 1.807) is 13.0 Å². The molecule has 0 spiro atoms. The maximum Gasteiger partial charge on any atom is 0.276 e. The number of nitrogens with zero attached hydrogens (tertiary/aromatic N) is 2. The molecule has 1 aliphatic rings. The molecule has 2 rings (SSSR count). The van der Waals surface area contributed by atoms with Gasteiger partial charge in [0.2, 0.25) is 0 Å². The Morgan fingerprint density at radius 1 is 1.73 bits per heavy atom. The van der Waals surface area contributed by atoms with Crippen molar-refractivity contribution in [1.29, 1.82) is 0 Å². The SMILES string of the molecule is CCN(C(=O)c1cc(C)on1)C1CNC1. The average Bonchev–Trinajstić information content (AvgIpc) is 2.57. The minimum atomic E-state index is -0.0409. The first kappa shape index (κ1) is 10.2. The van der Waals surface area contributed by atoms with Gasteiger partial charge in [0.25, 0.3) is 5.91 Å². The number of aryl methyl sites for hydroxylation is 1. The van der Waals surface area contributed by atoms with Crippen molar-refractivity contribution in [3.05, 3.63) is 17.5 Å². The largest absolute Gasteiger partial charge is 0.361 e. The summed E-state index contributed by atoms with van der Waals surface area (Å²) < 4.78 is 4.90. The standard InChI is InChI=1S/C10H15N3O2/c1-3-13(8-5-11-6-8)10(14)9-4-7(2)15-12-9/h4,8,11H,3,5-6H2,1-2H3. The molecule has 0 bridgehead atoms. The normalized spacial score (nSPS) is 16.1. The predicted molar refractivity (Wildman–Crippen MR) is 54.6 cm³/mol. The van der Waals surface area contributed by atoms with E-state index in [1.807, 2.05) is 11.8 Å². The monoisotopic (exact) mass is 209 g/mol. The number of amides is 1. The number of nitrogens with one attached hydrogen (secondary N) is 1. The third kappa shape index (κ3) is 1.87. The lowest BCUT2D eigenvalue weighted by molar-refractivity contribution is 0.0619. The fraction of sp³-hybridized carbons (Fsp3) is 0.600. The second-order valence-corrected chi connectivity index (χ2v) is 3.73. The Labute approximate surface area is 88.4 Å². The van der Waals surface area contributed by atoms with E-state index in [0.717, 1.165) is 13.1 Å². The lowest BCUT2D eigenvalue weighted by Gasteiger charge is -2.37. The minimum Gasteiger partial charge on any atom is -0.361 e. The van der Waals surface area contributed by atoms with E-state index in [4.69, 9.17) is 4.52 Å². The molecule has 1 amide bonds. The van der Waals surface area contributed by atoms with Crippen LogP contribution in [0.4, 0.5) is 0 Å². The van der Waals surface area contributed by atoms with Crippen LogP contribution >= 0.6 is 0 Å². The molecule has 5 nitrogen and oxygen atoms in total. The van der Waals surface area contributed by atoms with Gasteiger partial charge in [0.1, 0.15) is 5.76 Å². The second-order valence-electron chi connectivity index (χ2n) is 3.73. The van der Waals surface area contributed by atoms with Crippen LogP contribution in [-0.2, 0) is 0 Å². The van der Waals surface area contributed by atoms with Crippen LogP contribution in [-0.4, -0.2) is 41.6 Å². The highest BCUT2D eigenvalue weighted by atomic mass is 16.5. The molecule has 1 N–H and O–H groups in total. The summed E-state index contributed by atoms with van der Waals surface area (Å²) in [4.78, 5) is 13.8. The van der Waals surface area contributed by atoms with Crippen LogP contribution in [0.25, 0.3) is 0 Å². The van der Waals surface area contributed by atoms with Gasteiger partial charge in [-0.25, -0.2) is 0 Å². The van der Waals surface area contributed by atoms with Crippen LogP contribution in [0, 0.1) is 6.92 Å². The molecule has 2 heterocycles. The van der Waals surface area contributed by atoms with Gasteiger partial charge >= 0.3 is 0 Å². The van der Waals surface area contributed by atoms with Gasteiger partial charge in [0, 0.05) is 25.7 Å². The first-order valence-corrected chi connectivity index (χ1v) is 5.17. The molecule has 1 aliphatic heterocycles. The van der Waals surface area contributed by atoms with Crippen LogP contribution in [0.3, 0.4) is 0 Å². The summed E-state index contributed by atoms with van der Waals surface area (Å²) >= 11 is 0. The first-order chi connectivity index (χ1) is 7.22. The molecule has 5 heteroatoms. The Morgan fingerprint density at radius 2 is 2.47 bits per heavy atom. The van der Waals surface area contributed by atoms with Crippen LogP contribution in [0.5, 0.6) is 0 Å². The zero-order chi connectivity index (χ0) is 10.8. The fourth-order valence-electron chi connectivity index (χ4n) is 1.68. The van der Waals surface area contributed by atoms with Crippen LogP contribution in [0.2, 0.25) is 0 Å². The van der Waals surface area contributed by atoms with Gasteiger partial charge < -0.3 is 14.7 Å². The minimum absolute atomic E-state index is 0.0409. The van der Waals surface area contributed by atoms with Crippen molar-refractivity contribution in [2.45, 2.75) is 19.9 Å². The zero-order valence-electron chi connectivity index (χ0n) is 8.99. The van der Waals surface area contributed by atoms with Gasteiger partial charge in [0.05, 0.1) is 6.04 Å². The maximum absolute atomic E-state index is 12.0. The third-order valence-electron chi connectivity index (χ3n) is 2.65. The van der Waals surface area contributed by atoms with Gasteiger partial charge in [-0.1, -0.05) is 5.16 Å². The van der Waals surface area contributed by atoms with E-state index in [-0.39, 0.29) is 5.91 Å². The Hall–Kier alpha value is -1.36. The van der Waals surface area contributed by atoms with Gasteiger partial charge in [-0.3, -0.25) is 4.79 Å². The summed E-state index contributed by atoms with van der Waals surface area (Å²) in [5, 5.41) is 6.89. The fourth-order valence-corrected chi connectivity index (χ4v) is 1.68. The Kier molecular flexibility index (Phi) is 2.73. The average molecular weight is 209 g/mol. The van der Waals surface area contributed by atoms with Crippen molar-refractivity contribution in [2.75, 3.05) is 19.6 Å². The molecule has 1 aromatic rings. The number of hydrogen-bond acceptors (Lipinski definition) is 4. The number of hydrogen-bond donors (Lipinski definition) is 1. The predicted octanol–water partition coefficient (Wildman–Crippen LogP) is 0.417. The smallest absolute Gasteiger partial charge is 0.276 e. The van der Waals surface area contributed by atoms with E-state index in [9.17, 15) is 4.79 Å². The number of likely N-dealkylation sites (N-methyl/N-ethyl adjacent to an activating group) is 1. The number of aromatic nitrogens is 1. The molecule has 1 saturated heterocycles. The molecule has 1 aromatic heterocycles. The quantitative estimate of drug-likeness (QED) is 0.783. The molecule has 1 fully saturated rings. The lowest BCUT2D eigenvalue weighted by atomic mass is 10.1. The molecule has 0 atom stereocenters. The van der Waals surface area contributed by atoms with Crippen molar-refractivity contribution in [3.8, 4) is 0 Å². The van der Waals surface area contributed by atoms with Crippen molar-refractivity contribution >= 4 is 5.91 Å². The molecule has 15 heavy (non-hydrogen) atoms. The second kappa shape index (κ2) is 4.02. The van der Waals surface area contributed by atoms with E-state index in [1.165, 1.54) is 0 Å². The number of rotatable bonds is 3. The van der Waals surface area contributed by atoms with Crippen molar-refractivity contribution in [3.63, 3.8) is 0 Å². The topological polar surface area (TPSA) is 58.4 Å². The van der Waals surface area contributed by atoms with Gasteiger partial charge in [0.15, 0.2) is 5.69 Å². The van der Waals surface area contributed by atoms with Crippen molar-refractivity contribution < 1.29 is 9.32 Å². The summed E-state index contributed by atoms with van der Waals surface area (Å²) in [6, 6.07) is 1.98. The number of carbonyl (C=O) groups is 1. The summed E-state index contributed by atoms with van der Waals surface area (Å²) in [5.41, 5.74) is 0.404. The Bertz CT molecular complexity index is 357. The van der Waals surface area contributed by atoms with E-state index < -0.39 is 0 Å². The third-order valence-corrected chi connectivity index (χ3v) is 2.65. The van der Waals surface area contributed by atoms with Crippen LogP contribution < -0.4 is 5.32 Å². The Morgan fingerprint density at radius 3 is 2.87 bits per heavy atom. The molecule has 0 unspecified atom stereocenters. The molecular formula is C10H15N3O2. The highest BCUT2D eigenvalue weighted by Crippen LogP contribution is 2.11. The molecule has 0 aliphatic carbocycles. The lowest BCUT2D eigenvalue weighted by Crippen LogP contribution is -2.58. The highest BCUT2D eigenvalue weighted by molar-refractivity contribution is 5.92. The van der Waals surface area contributed by atoms with Crippen LogP contribution in [0.1, 0.15) is 23.2 Å². The number of carbonyl (C=O) groups excluding carboxylic acids is 1. The van der Waals surface area contributed by atoms with Gasteiger partial charge in [-0.05, 0) is 13.8 Å². The van der Waals surface area contributed by atoms with E-state index in [0.29, 0.717) is 24.0 Å². The van der Waals surface area contributed by atoms with Gasteiger partial charge in [-0.15, -0.1) is 0 Å². The molecule has 0 radical (unpaired) electrons. The first-order valence-electron chi connectivity index (χ1n) is 5.17. The maximum atomic E-state index is 12.0.